The van der Waals surface area contributed by atoms with Gasteiger partial charge in [-0.05, 0) is 54.6 Å². The normalized spacial score (nSPS) is 10.8. The van der Waals surface area contributed by atoms with Crippen molar-refractivity contribution in [2.24, 2.45) is 0 Å². The van der Waals surface area contributed by atoms with Gasteiger partial charge in [0, 0.05) is 50.0 Å². The molecule has 0 radical (unpaired) electrons. The van der Waals surface area contributed by atoms with Crippen molar-refractivity contribution in [1.82, 2.24) is 14.9 Å². The first-order chi connectivity index (χ1) is 18.8. The van der Waals surface area contributed by atoms with Gasteiger partial charge < -0.3 is 10.1 Å². The summed E-state index contributed by atoms with van der Waals surface area (Å²) >= 11 is 1.43. The summed E-state index contributed by atoms with van der Waals surface area (Å²) in [5.74, 6) is -0.777. The van der Waals surface area contributed by atoms with Crippen LogP contribution < -0.4 is 15.0 Å². The van der Waals surface area contributed by atoms with Crippen molar-refractivity contribution in [3.8, 4) is 22.1 Å². The van der Waals surface area contributed by atoms with Crippen molar-refractivity contribution < 1.29 is 23.1 Å². The third-order valence-corrected chi connectivity index (χ3v) is 6.95. The number of carbonyl (C=O) groups excluding carboxylic acids is 2. The van der Waals surface area contributed by atoms with E-state index in [1.165, 1.54) is 66.7 Å². The van der Waals surface area contributed by atoms with Crippen molar-refractivity contribution in [2.75, 3.05) is 24.3 Å². The molecule has 3 aromatic heterocycles. The number of fused-ring (bicyclic) bond motifs is 1. The standard InChI is InChI=1S/C28H21F2N5O3S/c1-34(19-9-6-17(29)7-10-19)28(37)35(2)27(36)33-18-8-11-23(20(30)15-18)38-24-12-14-32-22-16-25(39-26(22)24)21-5-3-4-13-31-21/h3-16H,1-2H3,(H,33,36). The maximum Gasteiger partial charge on any atom is 0.332 e. The number of benzene rings is 2. The van der Waals surface area contributed by atoms with E-state index in [-0.39, 0.29) is 11.4 Å². The lowest BCUT2D eigenvalue weighted by atomic mass is 10.2. The molecule has 0 saturated heterocycles. The Morgan fingerprint density at radius 1 is 0.897 bits per heavy atom. The largest absolute Gasteiger partial charge is 0.453 e. The molecule has 0 unspecified atom stereocenters. The minimum atomic E-state index is -0.779. The summed E-state index contributed by atoms with van der Waals surface area (Å²) < 4.78 is 34.8. The zero-order chi connectivity index (χ0) is 27.5. The number of nitrogens with zero attached hydrogens (tertiary/aromatic N) is 4. The average molecular weight is 546 g/mol. The number of aromatic nitrogens is 2. The number of nitrogens with one attached hydrogen (secondary N) is 1. The Hall–Kier alpha value is -4.90. The highest BCUT2D eigenvalue weighted by molar-refractivity contribution is 7.22. The van der Waals surface area contributed by atoms with Gasteiger partial charge in [-0.1, -0.05) is 6.07 Å². The molecule has 0 fully saturated rings. The number of hydrogen-bond donors (Lipinski definition) is 1. The van der Waals surface area contributed by atoms with Gasteiger partial charge in [-0.15, -0.1) is 11.3 Å². The molecule has 0 saturated carbocycles. The Kier molecular flexibility index (Phi) is 7.15. The van der Waals surface area contributed by atoms with Gasteiger partial charge in [-0.2, -0.15) is 0 Å². The summed E-state index contributed by atoms with van der Waals surface area (Å²) in [6.45, 7) is 0. The second-order valence-electron chi connectivity index (χ2n) is 8.40. The van der Waals surface area contributed by atoms with Gasteiger partial charge >= 0.3 is 12.1 Å². The maximum atomic E-state index is 15.0. The molecule has 1 N–H and O–H groups in total. The molecular weight excluding hydrogens is 524 g/mol. The minimum absolute atomic E-state index is 0.0474. The number of imide groups is 1. The van der Waals surface area contributed by atoms with Gasteiger partial charge in [-0.25, -0.2) is 23.3 Å². The van der Waals surface area contributed by atoms with Crippen molar-refractivity contribution in [3.05, 3.63) is 96.8 Å². The number of rotatable bonds is 5. The molecule has 8 nitrogen and oxygen atoms in total. The Morgan fingerprint density at radius 2 is 1.69 bits per heavy atom. The average Bonchev–Trinajstić information content (AvgIpc) is 3.40. The first-order valence-corrected chi connectivity index (χ1v) is 12.5. The monoisotopic (exact) mass is 545 g/mol. The number of ether oxygens (including phenoxy) is 1. The Morgan fingerprint density at radius 3 is 2.41 bits per heavy atom. The number of urea groups is 2. The Bertz CT molecular complexity index is 1660. The first-order valence-electron chi connectivity index (χ1n) is 11.7. The predicted molar refractivity (Wildman–Crippen MR) is 146 cm³/mol. The van der Waals surface area contributed by atoms with Gasteiger partial charge in [0.1, 0.15) is 11.6 Å². The van der Waals surface area contributed by atoms with Crippen LogP contribution in [0, 0.1) is 11.6 Å². The molecule has 5 rings (SSSR count). The first kappa shape index (κ1) is 25.7. The van der Waals surface area contributed by atoms with Crippen LogP contribution in [-0.2, 0) is 0 Å². The lowest BCUT2D eigenvalue weighted by molar-refractivity contribution is 0.207. The van der Waals surface area contributed by atoms with Crippen LogP contribution in [0.5, 0.6) is 11.5 Å². The van der Waals surface area contributed by atoms with E-state index in [0.717, 1.165) is 26.2 Å². The number of anilines is 2. The van der Waals surface area contributed by atoms with Crippen molar-refractivity contribution in [2.45, 2.75) is 0 Å². The van der Waals surface area contributed by atoms with E-state index in [0.29, 0.717) is 17.0 Å². The van der Waals surface area contributed by atoms with Crippen LogP contribution in [0.15, 0.2) is 85.2 Å². The van der Waals surface area contributed by atoms with Crippen molar-refractivity contribution in [1.29, 1.82) is 0 Å². The van der Waals surface area contributed by atoms with E-state index in [1.54, 1.807) is 18.5 Å². The molecule has 0 aliphatic rings. The van der Waals surface area contributed by atoms with Gasteiger partial charge in [-0.3, -0.25) is 14.9 Å². The molecule has 0 spiro atoms. The van der Waals surface area contributed by atoms with E-state index >= 15 is 0 Å². The quantitative estimate of drug-likeness (QED) is 0.253. The molecule has 0 aliphatic carbocycles. The molecule has 4 amide bonds. The molecule has 39 heavy (non-hydrogen) atoms. The third-order valence-electron chi connectivity index (χ3n) is 5.79. The number of hydrogen-bond acceptors (Lipinski definition) is 6. The maximum absolute atomic E-state index is 15.0. The third kappa shape index (κ3) is 5.53. The lowest BCUT2D eigenvalue weighted by Crippen LogP contribution is -2.44. The van der Waals surface area contributed by atoms with E-state index in [4.69, 9.17) is 4.74 Å². The summed E-state index contributed by atoms with van der Waals surface area (Å²) in [5, 5.41) is 2.49. The van der Waals surface area contributed by atoms with Crippen LogP contribution in [0.2, 0.25) is 0 Å². The Labute approximate surface area is 226 Å². The number of halogens is 2. The van der Waals surface area contributed by atoms with Crippen molar-refractivity contribution in [3.63, 3.8) is 0 Å². The summed E-state index contributed by atoms with van der Waals surface area (Å²) in [6.07, 6.45) is 3.28. The second kappa shape index (κ2) is 10.8. The van der Waals surface area contributed by atoms with Crippen LogP contribution in [0.25, 0.3) is 20.8 Å². The fourth-order valence-corrected chi connectivity index (χ4v) is 4.75. The lowest BCUT2D eigenvalue weighted by Gasteiger charge is -2.24. The minimum Gasteiger partial charge on any atom is -0.453 e. The van der Waals surface area contributed by atoms with Gasteiger partial charge in [0.2, 0.25) is 0 Å². The van der Waals surface area contributed by atoms with E-state index in [9.17, 15) is 18.4 Å². The van der Waals surface area contributed by atoms with Gasteiger partial charge in [0.25, 0.3) is 0 Å². The second-order valence-corrected chi connectivity index (χ2v) is 9.46. The summed E-state index contributed by atoms with van der Waals surface area (Å²) in [7, 11) is 2.73. The number of pyridine rings is 2. The predicted octanol–water partition coefficient (Wildman–Crippen LogP) is 7.15. The van der Waals surface area contributed by atoms with E-state index in [1.807, 2.05) is 24.3 Å². The highest BCUT2D eigenvalue weighted by Crippen LogP contribution is 2.39. The zero-order valence-electron chi connectivity index (χ0n) is 20.8. The Balaban J connectivity index is 1.29. The molecule has 0 aliphatic heterocycles. The molecule has 5 aromatic rings. The molecular formula is C28H21F2N5O3S. The van der Waals surface area contributed by atoms with Gasteiger partial charge in [0.15, 0.2) is 11.6 Å². The number of amides is 4. The smallest absolute Gasteiger partial charge is 0.332 e. The van der Waals surface area contributed by atoms with Crippen LogP contribution >= 0.6 is 11.3 Å². The highest BCUT2D eigenvalue weighted by Gasteiger charge is 2.22. The van der Waals surface area contributed by atoms with Crippen LogP contribution in [0.1, 0.15) is 0 Å². The summed E-state index contributed by atoms with van der Waals surface area (Å²) in [4.78, 5) is 37.0. The van der Waals surface area contributed by atoms with Crippen LogP contribution in [-0.4, -0.2) is 41.0 Å². The molecule has 196 valence electrons. The summed E-state index contributed by atoms with van der Waals surface area (Å²) in [6, 6.07) is 16.9. The van der Waals surface area contributed by atoms with E-state index in [2.05, 4.69) is 15.3 Å². The SMILES string of the molecule is CN(C(=O)Nc1ccc(Oc2ccnc3cc(-c4ccccn4)sc23)c(F)c1)C(=O)N(C)c1ccc(F)cc1. The highest BCUT2D eigenvalue weighted by atomic mass is 32.1. The number of thiophene rings is 1. The fourth-order valence-electron chi connectivity index (χ4n) is 3.70. The van der Waals surface area contributed by atoms with Crippen molar-refractivity contribution >= 4 is 45.0 Å². The summed E-state index contributed by atoms with van der Waals surface area (Å²) in [5.41, 5.74) is 2.02. The topological polar surface area (TPSA) is 87.7 Å². The molecule has 0 atom stereocenters. The zero-order valence-corrected chi connectivity index (χ0v) is 21.6. The number of carbonyl (C=O) groups is 2. The van der Waals surface area contributed by atoms with Crippen LogP contribution in [0.3, 0.4) is 0 Å². The molecule has 3 heterocycles. The van der Waals surface area contributed by atoms with Crippen LogP contribution in [0.4, 0.5) is 29.7 Å². The molecule has 2 aromatic carbocycles. The van der Waals surface area contributed by atoms with Gasteiger partial charge in [0.05, 0.1) is 20.8 Å². The fraction of sp³-hybridized carbons (Fsp3) is 0.0714. The molecule has 0 bridgehead atoms. The van der Waals surface area contributed by atoms with E-state index < -0.39 is 23.7 Å². The molecule has 11 heteroatoms.